The quantitative estimate of drug-likeness (QED) is 0.499. The Morgan fingerprint density at radius 2 is 2.09 bits per heavy atom. The van der Waals surface area contributed by atoms with Crippen molar-refractivity contribution in [3.63, 3.8) is 0 Å². The van der Waals surface area contributed by atoms with Crippen molar-refractivity contribution in [2.24, 2.45) is 7.05 Å². The molecular formula is C24H27N7O2. The highest BCUT2D eigenvalue weighted by Gasteiger charge is 2.29. The highest BCUT2D eigenvalue weighted by Crippen LogP contribution is 2.28. The van der Waals surface area contributed by atoms with Crippen molar-refractivity contribution in [3.05, 3.63) is 53.8 Å². The molecule has 1 aliphatic rings. The van der Waals surface area contributed by atoms with E-state index in [1.54, 1.807) is 17.8 Å². The van der Waals surface area contributed by atoms with Gasteiger partial charge in [0.1, 0.15) is 5.82 Å². The van der Waals surface area contributed by atoms with E-state index in [0.717, 1.165) is 34.3 Å². The number of amides is 1. The van der Waals surface area contributed by atoms with E-state index in [2.05, 4.69) is 39.4 Å². The number of carbonyl (C=O) groups excluding carboxylic acids is 1. The molecule has 0 aliphatic carbocycles. The molecule has 0 bridgehead atoms. The second kappa shape index (κ2) is 8.31. The summed E-state index contributed by atoms with van der Waals surface area (Å²) in [5, 5.41) is 14.1. The monoisotopic (exact) mass is 445 g/mol. The Morgan fingerprint density at radius 1 is 1.24 bits per heavy atom. The van der Waals surface area contributed by atoms with E-state index >= 15 is 0 Å². The lowest BCUT2D eigenvalue weighted by atomic mass is 10.1. The van der Waals surface area contributed by atoms with Gasteiger partial charge >= 0.3 is 0 Å². The lowest BCUT2D eigenvalue weighted by molar-refractivity contribution is 0.0785. The predicted molar refractivity (Wildman–Crippen MR) is 125 cm³/mol. The largest absolute Gasteiger partial charge is 0.365 e. The Kier molecular flexibility index (Phi) is 5.32. The van der Waals surface area contributed by atoms with Crippen molar-refractivity contribution in [1.29, 1.82) is 0 Å². The summed E-state index contributed by atoms with van der Waals surface area (Å²) in [5.74, 6) is 2.16. The van der Waals surface area contributed by atoms with Crippen LogP contribution in [0, 0.1) is 6.92 Å². The molecule has 4 heterocycles. The normalized spacial score (nSPS) is 16.2. The zero-order chi connectivity index (χ0) is 23.1. The Bertz CT molecular complexity index is 1320. The van der Waals surface area contributed by atoms with Crippen molar-refractivity contribution in [2.45, 2.75) is 39.2 Å². The Labute approximate surface area is 191 Å². The molecule has 0 spiro atoms. The number of nitrogens with one attached hydrogen (secondary N) is 1. The number of benzene rings is 1. The van der Waals surface area contributed by atoms with Gasteiger partial charge in [0.2, 0.25) is 11.7 Å². The van der Waals surface area contributed by atoms with Gasteiger partial charge in [0, 0.05) is 55.9 Å². The van der Waals surface area contributed by atoms with Crippen molar-refractivity contribution in [3.8, 4) is 11.4 Å². The predicted octanol–water partition coefficient (Wildman–Crippen LogP) is 3.78. The van der Waals surface area contributed by atoms with E-state index in [9.17, 15) is 4.79 Å². The Morgan fingerprint density at radius 3 is 2.82 bits per heavy atom. The average Bonchev–Trinajstić information content (AvgIpc) is 3.53. The molecule has 33 heavy (non-hydrogen) atoms. The first-order valence-electron chi connectivity index (χ1n) is 11.2. The molecule has 3 aromatic heterocycles. The Balaban J connectivity index is 1.34. The van der Waals surface area contributed by atoms with Gasteiger partial charge in [-0.15, -0.1) is 0 Å². The molecule has 1 atom stereocenters. The van der Waals surface area contributed by atoms with E-state index in [1.807, 2.05) is 42.3 Å². The number of fused-ring (bicyclic) bond motifs is 1. The van der Waals surface area contributed by atoms with Crippen molar-refractivity contribution >= 4 is 22.5 Å². The molecule has 4 aromatic rings. The van der Waals surface area contributed by atoms with Crippen LogP contribution in [0.3, 0.4) is 0 Å². The zero-order valence-electron chi connectivity index (χ0n) is 19.2. The van der Waals surface area contributed by atoms with Crippen LogP contribution >= 0.6 is 0 Å². The molecule has 9 nitrogen and oxygen atoms in total. The molecule has 1 N–H and O–H groups in total. The second-order valence-corrected chi connectivity index (χ2v) is 8.85. The van der Waals surface area contributed by atoms with E-state index in [-0.39, 0.29) is 11.9 Å². The van der Waals surface area contributed by atoms with Gasteiger partial charge < -0.3 is 14.7 Å². The molecule has 9 heteroatoms. The molecule has 1 fully saturated rings. The summed E-state index contributed by atoms with van der Waals surface area (Å²) in [7, 11) is 1.89. The highest BCUT2D eigenvalue weighted by atomic mass is 16.5. The standard InChI is InChI=1S/C24H27N7O2/c1-14(2)21-12-20(28-30(21)4)24(32)31-10-8-18(13-31)27-23-19-11-17(22-26-15(3)33-29-22)6-5-16(19)7-9-25-23/h5-7,9,11-12,14,18H,8,10,13H2,1-4H3,(H,25,27). The second-order valence-electron chi connectivity index (χ2n) is 8.85. The van der Waals surface area contributed by atoms with Gasteiger partial charge in [-0.3, -0.25) is 9.48 Å². The fourth-order valence-electron chi connectivity index (χ4n) is 4.38. The zero-order valence-corrected chi connectivity index (χ0v) is 19.2. The third kappa shape index (κ3) is 4.06. The molecule has 0 radical (unpaired) electrons. The first-order valence-corrected chi connectivity index (χ1v) is 11.2. The minimum atomic E-state index is -0.0255. The third-order valence-corrected chi connectivity index (χ3v) is 6.09. The van der Waals surface area contributed by atoms with Gasteiger partial charge in [-0.2, -0.15) is 10.1 Å². The number of likely N-dealkylation sites (tertiary alicyclic amines) is 1. The number of hydrogen-bond acceptors (Lipinski definition) is 7. The van der Waals surface area contributed by atoms with Gasteiger partial charge in [-0.1, -0.05) is 31.1 Å². The van der Waals surface area contributed by atoms with E-state index in [1.165, 1.54) is 0 Å². The summed E-state index contributed by atoms with van der Waals surface area (Å²) in [6.07, 6.45) is 2.64. The number of carbonyl (C=O) groups is 1. The van der Waals surface area contributed by atoms with Gasteiger partial charge in [0.05, 0.1) is 0 Å². The molecule has 1 aliphatic heterocycles. The van der Waals surface area contributed by atoms with Gasteiger partial charge in [0.15, 0.2) is 5.69 Å². The molecule has 1 amide bonds. The minimum Gasteiger partial charge on any atom is -0.365 e. The van der Waals surface area contributed by atoms with E-state index in [4.69, 9.17) is 4.52 Å². The lowest BCUT2D eigenvalue weighted by Crippen LogP contribution is -2.32. The van der Waals surface area contributed by atoms with Crippen molar-refractivity contribution in [2.75, 3.05) is 18.4 Å². The first kappa shape index (κ1) is 21.1. The minimum absolute atomic E-state index is 0.0255. The number of aryl methyl sites for hydroxylation is 2. The smallest absolute Gasteiger partial charge is 0.274 e. The summed E-state index contributed by atoms with van der Waals surface area (Å²) in [5.41, 5.74) is 2.43. The summed E-state index contributed by atoms with van der Waals surface area (Å²) in [4.78, 5) is 23.8. The lowest BCUT2D eigenvalue weighted by Gasteiger charge is -2.17. The van der Waals surface area contributed by atoms with Crippen LogP contribution in [0.25, 0.3) is 22.2 Å². The maximum atomic E-state index is 13.0. The van der Waals surface area contributed by atoms with Crippen LogP contribution in [0.5, 0.6) is 0 Å². The number of anilines is 1. The number of aromatic nitrogens is 5. The van der Waals surface area contributed by atoms with Crippen LogP contribution in [-0.4, -0.2) is 54.8 Å². The number of rotatable bonds is 5. The summed E-state index contributed by atoms with van der Waals surface area (Å²) < 4.78 is 6.92. The Hall–Kier alpha value is -3.75. The highest BCUT2D eigenvalue weighted by molar-refractivity contribution is 5.95. The molecular weight excluding hydrogens is 418 g/mol. The fourth-order valence-corrected chi connectivity index (χ4v) is 4.38. The SMILES string of the molecule is Cc1nc(-c2ccc3ccnc(NC4CCN(C(=O)c5cc(C(C)C)n(C)n5)C4)c3c2)no1. The van der Waals surface area contributed by atoms with Crippen LogP contribution in [-0.2, 0) is 7.05 Å². The van der Waals surface area contributed by atoms with Gasteiger partial charge in [0.25, 0.3) is 5.91 Å². The number of hydrogen-bond donors (Lipinski definition) is 1. The molecule has 5 rings (SSSR count). The first-order chi connectivity index (χ1) is 15.9. The van der Waals surface area contributed by atoms with Crippen LogP contribution < -0.4 is 5.32 Å². The average molecular weight is 446 g/mol. The fraction of sp³-hybridized carbons (Fsp3) is 0.375. The molecule has 0 saturated carbocycles. The van der Waals surface area contributed by atoms with Crippen molar-refractivity contribution in [1.82, 2.24) is 29.8 Å². The van der Waals surface area contributed by atoms with E-state index in [0.29, 0.717) is 36.4 Å². The molecule has 1 unspecified atom stereocenters. The van der Waals surface area contributed by atoms with Crippen LogP contribution in [0.1, 0.15) is 48.3 Å². The summed E-state index contributed by atoms with van der Waals surface area (Å²) >= 11 is 0. The third-order valence-electron chi connectivity index (χ3n) is 6.09. The molecule has 1 aromatic carbocycles. The van der Waals surface area contributed by atoms with Crippen LogP contribution in [0.2, 0.25) is 0 Å². The van der Waals surface area contributed by atoms with Gasteiger partial charge in [-0.05, 0) is 35.9 Å². The maximum absolute atomic E-state index is 13.0. The van der Waals surface area contributed by atoms with Crippen LogP contribution in [0.4, 0.5) is 5.82 Å². The molecule has 1 saturated heterocycles. The topological polar surface area (TPSA) is 102 Å². The summed E-state index contributed by atoms with van der Waals surface area (Å²) in [6.45, 7) is 7.26. The maximum Gasteiger partial charge on any atom is 0.274 e. The number of nitrogens with zero attached hydrogens (tertiary/aromatic N) is 6. The summed E-state index contributed by atoms with van der Waals surface area (Å²) in [6, 6.07) is 10.0. The van der Waals surface area contributed by atoms with E-state index < -0.39 is 0 Å². The molecule has 170 valence electrons. The van der Waals surface area contributed by atoms with Gasteiger partial charge in [-0.25, -0.2) is 4.98 Å². The van der Waals surface area contributed by atoms with Crippen molar-refractivity contribution < 1.29 is 9.32 Å². The number of pyridine rings is 1. The van der Waals surface area contributed by atoms with Crippen LogP contribution in [0.15, 0.2) is 41.1 Å².